The number of para-hydroxylation sites is 1. The summed E-state index contributed by atoms with van der Waals surface area (Å²) >= 11 is 0. The Morgan fingerprint density at radius 1 is 1.14 bits per heavy atom. The van der Waals surface area contributed by atoms with Crippen LogP contribution in [0.15, 0.2) is 24.3 Å². The first-order valence-corrected chi connectivity index (χ1v) is 6.84. The molecule has 0 spiro atoms. The van der Waals surface area contributed by atoms with Gasteiger partial charge in [-0.1, -0.05) is 32.0 Å². The van der Waals surface area contributed by atoms with Gasteiger partial charge in [-0.25, -0.2) is 0 Å². The second-order valence-corrected chi connectivity index (χ2v) is 5.11. The topological polar surface area (TPSA) is 30.5 Å². The number of nitrogens with one attached hydrogen (secondary N) is 1. The third-order valence-electron chi connectivity index (χ3n) is 3.03. The van der Waals surface area contributed by atoms with Crippen LogP contribution in [0.4, 0.5) is 13.2 Å². The first-order valence-electron chi connectivity index (χ1n) is 6.84. The summed E-state index contributed by atoms with van der Waals surface area (Å²) in [7, 11) is 1.49. The van der Waals surface area contributed by atoms with Crippen molar-refractivity contribution in [2.75, 3.05) is 13.7 Å². The fourth-order valence-corrected chi connectivity index (χ4v) is 1.83. The summed E-state index contributed by atoms with van der Waals surface area (Å²) in [6, 6.07) is 7.09. The molecule has 0 saturated heterocycles. The Morgan fingerprint density at radius 2 is 1.76 bits per heavy atom. The molecule has 0 heterocycles. The molecule has 0 bridgehead atoms. The molecule has 0 aromatic heterocycles. The zero-order chi connectivity index (χ0) is 16.0. The molecule has 1 aromatic carbocycles. The van der Waals surface area contributed by atoms with Crippen LogP contribution in [0.5, 0.6) is 5.75 Å². The molecule has 2 unspecified atom stereocenters. The summed E-state index contributed by atoms with van der Waals surface area (Å²) in [5, 5.41) is 3.10. The van der Waals surface area contributed by atoms with Gasteiger partial charge in [0.15, 0.2) is 6.10 Å². The molecular weight excluding hydrogens is 283 g/mol. The van der Waals surface area contributed by atoms with E-state index in [1.54, 1.807) is 24.3 Å². The van der Waals surface area contributed by atoms with Crippen LogP contribution < -0.4 is 10.1 Å². The van der Waals surface area contributed by atoms with Crippen LogP contribution in [-0.4, -0.2) is 32.0 Å². The summed E-state index contributed by atoms with van der Waals surface area (Å²) in [4.78, 5) is 0. The maximum Gasteiger partial charge on any atom is 0.414 e. The Bertz CT molecular complexity index is 435. The average Bonchev–Trinajstić information content (AvgIpc) is 2.41. The van der Waals surface area contributed by atoms with E-state index in [1.165, 1.54) is 7.11 Å². The molecule has 0 aliphatic carbocycles. The molecule has 0 fully saturated rings. The third-order valence-corrected chi connectivity index (χ3v) is 3.03. The predicted molar refractivity (Wildman–Crippen MR) is 75.5 cm³/mol. The van der Waals surface area contributed by atoms with E-state index in [0.717, 1.165) is 6.92 Å². The van der Waals surface area contributed by atoms with E-state index in [4.69, 9.17) is 9.47 Å². The van der Waals surface area contributed by atoms with Crippen LogP contribution in [0.25, 0.3) is 0 Å². The smallest absolute Gasteiger partial charge is 0.414 e. The number of halogens is 3. The zero-order valence-corrected chi connectivity index (χ0v) is 12.7. The van der Waals surface area contributed by atoms with Crippen LogP contribution in [0.2, 0.25) is 0 Å². The van der Waals surface area contributed by atoms with Crippen molar-refractivity contribution in [3.05, 3.63) is 29.8 Å². The maximum absolute atomic E-state index is 12.7. The minimum absolute atomic E-state index is 0.145. The Morgan fingerprint density at radius 3 is 2.29 bits per heavy atom. The lowest BCUT2D eigenvalue weighted by molar-refractivity contribution is -0.227. The van der Waals surface area contributed by atoms with E-state index < -0.39 is 18.4 Å². The number of rotatable bonds is 7. The molecule has 1 rings (SSSR count). The number of ether oxygens (including phenoxy) is 2. The van der Waals surface area contributed by atoms with E-state index in [2.05, 4.69) is 5.32 Å². The Labute approximate surface area is 123 Å². The molecule has 3 nitrogen and oxygen atoms in total. The SMILES string of the molecule is COc1ccccc1C(CNC(C)C)OC(C)C(F)(F)F. The molecule has 1 N–H and O–H groups in total. The highest BCUT2D eigenvalue weighted by Gasteiger charge is 2.39. The molecule has 21 heavy (non-hydrogen) atoms. The summed E-state index contributed by atoms with van der Waals surface area (Å²) in [5.74, 6) is 0.516. The lowest BCUT2D eigenvalue weighted by atomic mass is 10.1. The van der Waals surface area contributed by atoms with Crippen LogP contribution >= 0.6 is 0 Å². The van der Waals surface area contributed by atoms with Gasteiger partial charge in [0.1, 0.15) is 5.75 Å². The fourth-order valence-electron chi connectivity index (χ4n) is 1.83. The van der Waals surface area contributed by atoms with Crippen LogP contribution in [-0.2, 0) is 4.74 Å². The van der Waals surface area contributed by atoms with Gasteiger partial charge in [-0.3, -0.25) is 0 Å². The summed E-state index contributed by atoms with van der Waals surface area (Å²) in [5.41, 5.74) is 0.601. The number of methoxy groups -OCH3 is 1. The first-order chi connectivity index (χ1) is 9.75. The number of hydrogen-bond donors (Lipinski definition) is 1. The highest BCUT2D eigenvalue weighted by molar-refractivity contribution is 5.35. The molecule has 0 amide bonds. The highest BCUT2D eigenvalue weighted by Crippen LogP contribution is 2.32. The molecule has 0 radical (unpaired) electrons. The van der Waals surface area contributed by atoms with Crippen LogP contribution in [0.1, 0.15) is 32.4 Å². The van der Waals surface area contributed by atoms with E-state index >= 15 is 0 Å². The minimum Gasteiger partial charge on any atom is -0.496 e. The van der Waals surface area contributed by atoms with Crippen molar-refractivity contribution < 1.29 is 22.6 Å². The van der Waals surface area contributed by atoms with Gasteiger partial charge in [-0.15, -0.1) is 0 Å². The summed E-state index contributed by atoms with van der Waals surface area (Å²) in [6.45, 7) is 5.13. The lowest BCUT2D eigenvalue weighted by Gasteiger charge is -2.26. The number of hydrogen-bond acceptors (Lipinski definition) is 3. The monoisotopic (exact) mass is 305 g/mol. The third kappa shape index (κ3) is 5.55. The lowest BCUT2D eigenvalue weighted by Crippen LogP contribution is -2.35. The van der Waals surface area contributed by atoms with Gasteiger partial charge >= 0.3 is 6.18 Å². The van der Waals surface area contributed by atoms with Crippen molar-refractivity contribution in [3.8, 4) is 5.75 Å². The molecule has 0 saturated carbocycles. The van der Waals surface area contributed by atoms with E-state index in [-0.39, 0.29) is 12.6 Å². The molecule has 2 atom stereocenters. The van der Waals surface area contributed by atoms with E-state index in [0.29, 0.717) is 11.3 Å². The van der Waals surface area contributed by atoms with Crippen molar-refractivity contribution >= 4 is 0 Å². The van der Waals surface area contributed by atoms with Crippen LogP contribution in [0, 0.1) is 0 Å². The molecule has 1 aromatic rings. The Kier molecular flexibility index (Phi) is 6.48. The molecule has 120 valence electrons. The van der Waals surface area contributed by atoms with Gasteiger partial charge in [0.05, 0.1) is 13.2 Å². The largest absolute Gasteiger partial charge is 0.496 e. The second-order valence-electron chi connectivity index (χ2n) is 5.11. The normalized spacial score (nSPS) is 15.0. The first kappa shape index (κ1) is 17.8. The van der Waals surface area contributed by atoms with Crippen molar-refractivity contribution in [3.63, 3.8) is 0 Å². The van der Waals surface area contributed by atoms with E-state index in [9.17, 15) is 13.2 Å². The minimum atomic E-state index is -4.39. The van der Waals surface area contributed by atoms with Crippen LogP contribution in [0.3, 0.4) is 0 Å². The number of benzene rings is 1. The van der Waals surface area contributed by atoms with Gasteiger partial charge in [0, 0.05) is 18.2 Å². The maximum atomic E-state index is 12.7. The number of alkyl halides is 3. The average molecular weight is 305 g/mol. The zero-order valence-electron chi connectivity index (χ0n) is 12.7. The molecule has 0 aliphatic heterocycles. The van der Waals surface area contributed by atoms with Gasteiger partial charge in [-0.05, 0) is 13.0 Å². The Balaban J connectivity index is 2.96. The predicted octanol–water partition coefficient (Wildman–Crippen LogP) is 3.70. The van der Waals surface area contributed by atoms with Gasteiger partial charge in [-0.2, -0.15) is 13.2 Å². The Hall–Kier alpha value is -1.27. The second kappa shape index (κ2) is 7.66. The summed E-state index contributed by atoms with van der Waals surface area (Å²) in [6.07, 6.45) is -6.97. The quantitative estimate of drug-likeness (QED) is 0.833. The summed E-state index contributed by atoms with van der Waals surface area (Å²) < 4.78 is 48.6. The van der Waals surface area contributed by atoms with Crippen molar-refractivity contribution in [2.24, 2.45) is 0 Å². The van der Waals surface area contributed by atoms with Crippen molar-refractivity contribution in [1.29, 1.82) is 0 Å². The highest BCUT2D eigenvalue weighted by atomic mass is 19.4. The fraction of sp³-hybridized carbons (Fsp3) is 0.600. The van der Waals surface area contributed by atoms with Crippen molar-refractivity contribution in [2.45, 2.75) is 45.2 Å². The molecular formula is C15H22F3NO2. The molecule has 6 heteroatoms. The molecule has 0 aliphatic rings. The van der Waals surface area contributed by atoms with E-state index in [1.807, 2.05) is 13.8 Å². The van der Waals surface area contributed by atoms with Crippen molar-refractivity contribution in [1.82, 2.24) is 5.32 Å². The van der Waals surface area contributed by atoms with Gasteiger partial charge < -0.3 is 14.8 Å². The van der Waals surface area contributed by atoms with Gasteiger partial charge in [0.2, 0.25) is 0 Å². The van der Waals surface area contributed by atoms with Gasteiger partial charge in [0.25, 0.3) is 0 Å². The standard InChI is InChI=1S/C15H22F3NO2/c1-10(2)19-9-14(21-11(3)15(16,17)18)12-7-5-6-8-13(12)20-4/h5-8,10-11,14,19H,9H2,1-4H3.